The summed E-state index contributed by atoms with van der Waals surface area (Å²) in [5, 5.41) is 3.98. The molecular formula is C12H14ClNO2. The first-order valence-electron chi connectivity index (χ1n) is 5.42. The summed E-state index contributed by atoms with van der Waals surface area (Å²) in [6, 6.07) is 3.52. The smallest absolute Gasteiger partial charge is 0.338 e. The molecule has 1 aromatic carbocycles. The standard InChI is InChI=1S/C12H14ClNO2/c1-2-16-12(15)9-3-4-11(13)8-5-6-14-7-10(8)9/h3-4,14H,2,5-7H2,1H3. The van der Waals surface area contributed by atoms with Gasteiger partial charge in [-0.05, 0) is 43.1 Å². The number of carbonyl (C=O) groups excluding carboxylic acids is 1. The molecule has 86 valence electrons. The van der Waals surface area contributed by atoms with Crippen LogP contribution in [0.4, 0.5) is 0 Å². The molecule has 1 aliphatic rings. The van der Waals surface area contributed by atoms with Crippen LogP contribution in [-0.2, 0) is 17.7 Å². The Bertz CT molecular complexity index is 418. The van der Waals surface area contributed by atoms with Crippen molar-refractivity contribution in [3.63, 3.8) is 0 Å². The first-order valence-corrected chi connectivity index (χ1v) is 5.80. The molecular weight excluding hydrogens is 226 g/mol. The lowest BCUT2D eigenvalue weighted by molar-refractivity contribution is 0.0524. The number of nitrogens with one attached hydrogen (secondary N) is 1. The third-order valence-electron chi connectivity index (χ3n) is 2.72. The lowest BCUT2D eigenvalue weighted by Crippen LogP contribution is -2.26. The Morgan fingerprint density at radius 3 is 3.06 bits per heavy atom. The van der Waals surface area contributed by atoms with Crippen molar-refractivity contribution >= 4 is 17.6 Å². The van der Waals surface area contributed by atoms with Gasteiger partial charge in [-0.2, -0.15) is 0 Å². The first-order chi connectivity index (χ1) is 7.74. The fourth-order valence-corrected chi connectivity index (χ4v) is 2.24. The van der Waals surface area contributed by atoms with Crippen LogP contribution in [0.2, 0.25) is 5.02 Å². The van der Waals surface area contributed by atoms with Crippen molar-refractivity contribution in [1.29, 1.82) is 0 Å². The summed E-state index contributed by atoms with van der Waals surface area (Å²) in [5.74, 6) is -0.265. The third kappa shape index (κ3) is 2.06. The lowest BCUT2D eigenvalue weighted by Gasteiger charge is -2.20. The maximum absolute atomic E-state index is 11.7. The maximum Gasteiger partial charge on any atom is 0.338 e. The average Bonchev–Trinajstić information content (AvgIpc) is 2.30. The van der Waals surface area contributed by atoms with Gasteiger partial charge in [-0.15, -0.1) is 0 Å². The number of hydrogen-bond acceptors (Lipinski definition) is 3. The van der Waals surface area contributed by atoms with Crippen LogP contribution < -0.4 is 5.32 Å². The predicted molar refractivity (Wildman–Crippen MR) is 62.8 cm³/mol. The van der Waals surface area contributed by atoms with E-state index >= 15 is 0 Å². The van der Waals surface area contributed by atoms with E-state index in [0.717, 1.165) is 29.1 Å². The molecule has 0 radical (unpaired) electrons. The zero-order valence-electron chi connectivity index (χ0n) is 9.18. The van der Waals surface area contributed by atoms with E-state index in [0.29, 0.717) is 18.7 Å². The highest BCUT2D eigenvalue weighted by molar-refractivity contribution is 6.31. The molecule has 0 amide bonds. The Balaban J connectivity index is 2.42. The number of esters is 1. The van der Waals surface area contributed by atoms with Crippen molar-refractivity contribution in [2.45, 2.75) is 19.9 Å². The largest absolute Gasteiger partial charge is 0.462 e. The van der Waals surface area contributed by atoms with Crippen molar-refractivity contribution in [1.82, 2.24) is 5.32 Å². The van der Waals surface area contributed by atoms with Gasteiger partial charge in [0, 0.05) is 11.6 Å². The van der Waals surface area contributed by atoms with Crippen LogP contribution >= 0.6 is 11.6 Å². The van der Waals surface area contributed by atoms with E-state index < -0.39 is 0 Å². The van der Waals surface area contributed by atoms with Gasteiger partial charge < -0.3 is 10.1 Å². The summed E-state index contributed by atoms with van der Waals surface area (Å²) in [4.78, 5) is 11.7. The minimum atomic E-state index is -0.265. The van der Waals surface area contributed by atoms with Crippen LogP contribution in [0.5, 0.6) is 0 Å². The number of rotatable bonds is 2. The van der Waals surface area contributed by atoms with E-state index in [-0.39, 0.29) is 5.97 Å². The minimum Gasteiger partial charge on any atom is -0.462 e. The molecule has 0 bridgehead atoms. The van der Waals surface area contributed by atoms with E-state index in [1.54, 1.807) is 19.1 Å². The number of benzene rings is 1. The zero-order chi connectivity index (χ0) is 11.5. The summed E-state index contributed by atoms with van der Waals surface area (Å²) < 4.78 is 5.02. The van der Waals surface area contributed by atoms with Crippen LogP contribution in [0.25, 0.3) is 0 Å². The highest BCUT2D eigenvalue weighted by atomic mass is 35.5. The Kier molecular flexibility index (Phi) is 3.46. The minimum absolute atomic E-state index is 0.265. The van der Waals surface area contributed by atoms with Gasteiger partial charge in [-0.1, -0.05) is 11.6 Å². The van der Waals surface area contributed by atoms with Crippen molar-refractivity contribution in [2.24, 2.45) is 0 Å². The van der Waals surface area contributed by atoms with Gasteiger partial charge in [-0.25, -0.2) is 4.79 Å². The number of hydrogen-bond donors (Lipinski definition) is 1. The Morgan fingerprint density at radius 1 is 1.50 bits per heavy atom. The van der Waals surface area contributed by atoms with Gasteiger partial charge in [-0.3, -0.25) is 0 Å². The van der Waals surface area contributed by atoms with E-state index in [9.17, 15) is 4.79 Å². The van der Waals surface area contributed by atoms with Crippen LogP contribution in [0.15, 0.2) is 12.1 Å². The van der Waals surface area contributed by atoms with Crippen molar-refractivity contribution in [2.75, 3.05) is 13.2 Å². The fraction of sp³-hybridized carbons (Fsp3) is 0.417. The highest BCUT2D eigenvalue weighted by Gasteiger charge is 2.20. The quantitative estimate of drug-likeness (QED) is 0.804. The van der Waals surface area contributed by atoms with Gasteiger partial charge >= 0.3 is 5.97 Å². The summed E-state index contributed by atoms with van der Waals surface area (Å²) >= 11 is 6.12. The molecule has 4 heteroatoms. The lowest BCUT2D eigenvalue weighted by atomic mass is 9.96. The summed E-state index contributed by atoms with van der Waals surface area (Å²) in [7, 11) is 0. The van der Waals surface area contributed by atoms with Crippen molar-refractivity contribution in [3.8, 4) is 0 Å². The van der Waals surface area contributed by atoms with Gasteiger partial charge in [0.05, 0.1) is 12.2 Å². The summed E-state index contributed by atoms with van der Waals surface area (Å²) in [5.41, 5.74) is 2.69. The molecule has 0 aromatic heterocycles. The van der Waals surface area contributed by atoms with Crippen molar-refractivity contribution < 1.29 is 9.53 Å². The van der Waals surface area contributed by atoms with Crippen LogP contribution in [0.3, 0.4) is 0 Å². The van der Waals surface area contributed by atoms with Crippen LogP contribution in [0.1, 0.15) is 28.4 Å². The number of fused-ring (bicyclic) bond motifs is 1. The van der Waals surface area contributed by atoms with Gasteiger partial charge in [0.15, 0.2) is 0 Å². The normalized spacial score (nSPS) is 14.4. The maximum atomic E-state index is 11.7. The van der Waals surface area contributed by atoms with Gasteiger partial charge in [0.25, 0.3) is 0 Å². The molecule has 1 N–H and O–H groups in total. The molecule has 0 atom stereocenters. The molecule has 3 nitrogen and oxygen atoms in total. The molecule has 0 saturated carbocycles. The zero-order valence-corrected chi connectivity index (χ0v) is 9.93. The van der Waals surface area contributed by atoms with E-state index in [4.69, 9.17) is 16.3 Å². The second kappa shape index (κ2) is 4.85. The van der Waals surface area contributed by atoms with E-state index in [1.165, 1.54) is 0 Å². The molecule has 0 fully saturated rings. The van der Waals surface area contributed by atoms with Gasteiger partial charge in [0.1, 0.15) is 0 Å². The Hall–Kier alpha value is -1.06. The van der Waals surface area contributed by atoms with E-state index in [2.05, 4.69) is 5.32 Å². The third-order valence-corrected chi connectivity index (χ3v) is 3.08. The molecule has 16 heavy (non-hydrogen) atoms. The van der Waals surface area contributed by atoms with Crippen LogP contribution in [-0.4, -0.2) is 19.1 Å². The summed E-state index contributed by atoms with van der Waals surface area (Å²) in [6.45, 7) is 3.78. The number of carbonyl (C=O) groups is 1. The molecule has 1 aliphatic heterocycles. The van der Waals surface area contributed by atoms with Crippen molar-refractivity contribution in [3.05, 3.63) is 33.8 Å². The molecule has 1 aromatic rings. The second-order valence-electron chi connectivity index (χ2n) is 3.70. The molecule has 0 unspecified atom stereocenters. The molecule has 1 heterocycles. The highest BCUT2D eigenvalue weighted by Crippen LogP contribution is 2.26. The molecule has 0 aliphatic carbocycles. The molecule has 0 spiro atoms. The molecule has 2 rings (SSSR count). The SMILES string of the molecule is CCOC(=O)c1ccc(Cl)c2c1CNCC2. The number of halogens is 1. The monoisotopic (exact) mass is 239 g/mol. The fourth-order valence-electron chi connectivity index (χ4n) is 1.96. The second-order valence-corrected chi connectivity index (χ2v) is 4.11. The average molecular weight is 240 g/mol. The van der Waals surface area contributed by atoms with Crippen LogP contribution in [0, 0.1) is 0 Å². The van der Waals surface area contributed by atoms with E-state index in [1.807, 2.05) is 0 Å². The molecule has 0 saturated heterocycles. The first kappa shape index (κ1) is 11.4. The number of ether oxygens (including phenoxy) is 1. The Labute approximate surface area is 99.7 Å². The summed E-state index contributed by atoms with van der Waals surface area (Å²) in [6.07, 6.45) is 0.863. The Morgan fingerprint density at radius 2 is 2.31 bits per heavy atom. The topological polar surface area (TPSA) is 38.3 Å². The predicted octanol–water partition coefficient (Wildman–Crippen LogP) is 2.16. The van der Waals surface area contributed by atoms with Gasteiger partial charge in [0.2, 0.25) is 0 Å².